The summed E-state index contributed by atoms with van der Waals surface area (Å²) in [7, 11) is 0. The average Bonchev–Trinajstić information content (AvgIpc) is 2.36. The van der Waals surface area contributed by atoms with E-state index in [-0.39, 0.29) is 0 Å². The van der Waals surface area contributed by atoms with Gasteiger partial charge in [-0.2, -0.15) is 0 Å². The SMILES string of the molecule is CC1(C)CCCN(C(=O)CSC2CCNCC2)C1. The zero-order chi connectivity index (χ0) is 13.0. The molecule has 0 aromatic heterocycles. The first-order valence-corrected chi connectivity index (χ1v) is 8.22. The summed E-state index contributed by atoms with van der Waals surface area (Å²) in [5.41, 5.74) is 0.313. The van der Waals surface area contributed by atoms with Crippen LogP contribution in [-0.4, -0.2) is 48.0 Å². The van der Waals surface area contributed by atoms with Crippen LogP contribution in [0.15, 0.2) is 0 Å². The summed E-state index contributed by atoms with van der Waals surface area (Å²) in [6, 6.07) is 0. The van der Waals surface area contributed by atoms with Crippen LogP contribution in [-0.2, 0) is 4.79 Å². The van der Waals surface area contributed by atoms with Gasteiger partial charge in [-0.3, -0.25) is 4.79 Å². The Morgan fingerprint density at radius 1 is 1.39 bits per heavy atom. The smallest absolute Gasteiger partial charge is 0.232 e. The zero-order valence-electron chi connectivity index (χ0n) is 11.7. The first kappa shape index (κ1) is 14.2. The lowest BCUT2D eigenvalue weighted by atomic mass is 9.84. The van der Waals surface area contributed by atoms with E-state index in [1.54, 1.807) is 0 Å². The van der Waals surface area contributed by atoms with Crippen LogP contribution in [0, 0.1) is 5.41 Å². The van der Waals surface area contributed by atoms with E-state index in [9.17, 15) is 4.79 Å². The van der Waals surface area contributed by atoms with E-state index in [2.05, 4.69) is 24.1 Å². The molecule has 2 fully saturated rings. The molecule has 0 aromatic carbocycles. The molecule has 104 valence electrons. The molecule has 0 aliphatic carbocycles. The van der Waals surface area contributed by atoms with Crippen molar-refractivity contribution in [2.45, 2.75) is 44.8 Å². The largest absolute Gasteiger partial charge is 0.341 e. The van der Waals surface area contributed by atoms with E-state index in [0.717, 1.165) is 32.6 Å². The molecule has 2 aliphatic rings. The Bertz CT molecular complexity index is 288. The minimum Gasteiger partial charge on any atom is -0.341 e. The third-order valence-corrected chi connectivity index (χ3v) is 5.34. The molecule has 2 rings (SSSR count). The van der Waals surface area contributed by atoms with Crippen LogP contribution in [0.2, 0.25) is 0 Å². The molecule has 0 saturated carbocycles. The predicted molar refractivity (Wildman–Crippen MR) is 77.9 cm³/mol. The number of nitrogens with zero attached hydrogens (tertiary/aromatic N) is 1. The number of hydrogen-bond donors (Lipinski definition) is 1. The van der Waals surface area contributed by atoms with Crippen LogP contribution in [0.5, 0.6) is 0 Å². The standard InChI is InChI=1S/C14H26N2OS/c1-14(2)6-3-9-16(11-14)13(17)10-18-12-4-7-15-8-5-12/h12,15H,3-11H2,1-2H3. The second-order valence-electron chi connectivity index (χ2n) is 6.34. The highest BCUT2D eigenvalue weighted by atomic mass is 32.2. The van der Waals surface area contributed by atoms with Crippen LogP contribution in [0.1, 0.15) is 39.5 Å². The molecule has 18 heavy (non-hydrogen) atoms. The highest BCUT2D eigenvalue weighted by molar-refractivity contribution is 8.00. The summed E-state index contributed by atoms with van der Waals surface area (Å²) >= 11 is 1.87. The fourth-order valence-corrected chi connectivity index (χ4v) is 4.01. The van der Waals surface area contributed by atoms with Crippen molar-refractivity contribution in [1.82, 2.24) is 10.2 Å². The van der Waals surface area contributed by atoms with E-state index in [0.29, 0.717) is 22.3 Å². The molecule has 1 amide bonds. The molecule has 2 aliphatic heterocycles. The molecule has 0 radical (unpaired) electrons. The van der Waals surface area contributed by atoms with Gasteiger partial charge >= 0.3 is 0 Å². The molecule has 1 N–H and O–H groups in total. The Morgan fingerprint density at radius 3 is 2.78 bits per heavy atom. The van der Waals surface area contributed by atoms with E-state index < -0.39 is 0 Å². The topological polar surface area (TPSA) is 32.3 Å². The summed E-state index contributed by atoms with van der Waals surface area (Å²) in [6.07, 6.45) is 4.84. The molecule has 0 aromatic rings. The fraction of sp³-hybridized carbons (Fsp3) is 0.929. The summed E-state index contributed by atoms with van der Waals surface area (Å²) in [6.45, 7) is 8.68. The molecular weight excluding hydrogens is 244 g/mol. The number of carbonyl (C=O) groups excluding carboxylic acids is 1. The monoisotopic (exact) mass is 270 g/mol. The summed E-state index contributed by atoms with van der Waals surface area (Å²) in [5, 5.41) is 4.06. The van der Waals surface area contributed by atoms with Crippen molar-refractivity contribution in [3.05, 3.63) is 0 Å². The van der Waals surface area contributed by atoms with Gasteiger partial charge in [0, 0.05) is 18.3 Å². The Labute approximate surface area is 115 Å². The van der Waals surface area contributed by atoms with E-state index >= 15 is 0 Å². The van der Waals surface area contributed by atoms with E-state index in [4.69, 9.17) is 0 Å². The van der Waals surface area contributed by atoms with Crippen molar-refractivity contribution < 1.29 is 4.79 Å². The van der Waals surface area contributed by atoms with Crippen LogP contribution < -0.4 is 5.32 Å². The predicted octanol–water partition coefficient (Wildman–Crippen LogP) is 2.12. The number of amides is 1. The number of likely N-dealkylation sites (tertiary alicyclic amines) is 1. The molecule has 2 heterocycles. The lowest BCUT2D eigenvalue weighted by molar-refractivity contribution is -0.131. The van der Waals surface area contributed by atoms with Gasteiger partial charge in [-0.1, -0.05) is 13.8 Å². The van der Waals surface area contributed by atoms with Crippen molar-refractivity contribution in [1.29, 1.82) is 0 Å². The van der Waals surface area contributed by atoms with Crippen LogP contribution >= 0.6 is 11.8 Å². The summed E-state index contributed by atoms with van der Waals surface area (Å²) in [5.74, 6) is 1.03. The van der Waals surface area contributed by atoms with Gasteiger partial charge in [-0.05, 0) is 44.2 Å². The van der Waals surface area contributed by atoms with Gasteiger partial charge in [0.2, 0.25) is 5.91 Å². The molecule has 2 saturated heterocycles. The van der Waals surface area contributed by atoms with Crippen LogP contribution in [0.4, 0.5) is 0 Å². The molecule has 3 nitrogen and oxygen atoms in total. The Kier molecular flexibility index (Phi) is 4.96. The maximum absolute atomic E-state index is 12.2. The van der Waals surface area contributed by atoms with Crippen LogP contribution in [0.3, 0.4) is 0 Å². The Hall–Kier alpha value is -0.220. The van der Waals surface area contributed by atoms with Crippen LogP contribution in [0.25, 0.3) is 0 Å². The van der Waals surface area contributed by atoms with Crippen molar-refractivity contribution in [2.75, 3.05) is 31.9 Å². The average molecular weight is 270 g/mol. The Balaban J connectivity index is 1.73. The van der Waals surface area contributed by atoms with E-state index in [1.807, 2.05) is 11.8 Å². The highest BCUT2D eigenvalue weighted by Gasteiger charge is 2.29. The lowest BCUT2D eigenvalue weighted by Crippen LogP contribution is -2.44. The van der Waals surface area contributed by atoms with Gasteiger partial charge in [0.05, 0.1) is 5.75 Å². The van der Waals surface area contributed by atoms with E-state index in [1.165, 1.54) is 19.3 Å². The summed E-state index contributed by atoms with van der Waals surface area (Å²) < 4.78 is 0. The minimum absolute atomic E-state index is 0.313. The van der Waals surface area contributed by atoms with Gasteiger partial charge in [-0.15, -0.1) is 11.8 Å². The van der Waals surface area contributed by atoms with Gasteiger partial charge in [-0.25, -0.2) is 0 Å². The maximum Gasteiger partial charge on any atom is 0.232 e. The van der Waals surface area contributed by atoms with Gasteiger partial charge in [0.1, 0.15) is 0 Å². The quantitative estimate of drug-likeness (QED) is 0.852. The maximum atomic E-state index is 12.2. The highest BCUT2D eigenvalue weighted by Crippen LogP contribution is 2.29. The third-order valence-electron chi connectivity index (χ3n) is 3.98. The molecule has 4 heteroatoms. The number of hydrogen-bond acceptors (Lipinski definition) is 3. The second kappa shape index (κ2) is 6.29. The number of thioether (sulfide) groups is 1. The van der Waals surface area contributed by atoms with Gasteiger partial charge in [0.15, 0.2) is 0 Å². The van der Waals surface area contributed by atoms with Crippen molar-refractivity contribution in [3.63, 3.8) is 0 Å². The van der Waals surface area contributed by atoms with Gasteiger partial charge < -0.3 is 10.2 Å². The molecule has 0 unspecified atom stereocenters. The Morgan fingerprint density at radius 2 is 2.11 bits per heavy atom. The van der Waals surface area contributed by atoms with Crippen molar-refractivity contribution >= 4 is 17.7 Å². The zero-order valence-corrected chi connectivity index (χ0v) is 12.5. The number of nitrogens with one attached hydrogen (secondary N) is 1. The number of piperidine rings is 2. The number of rotatable bonds is 3. The van der Waals surface area contributed by atoms with Crippen molar-refractivity contribution in [3.8, 4) is 0 Å². The minimum atomic E-state index is 0.313. The molecule has 0 spiro atoms. The first-order valence-electron chi connectivity index (χ1n) is 7.17. The molecular formula is C14H26N2OS. The normalized spacial score (nSPS) is 25.1. The first-order chi connectivity index (χ1) is 8.57. The molecule has 0 bridgehead atoms. The second-order valence-corrected chi connectivity index (χ2v) is 7.63. The summed E-state index contributed by atoms with van der Waals surface area (Å²) in [4.78, 5) is 14.3. The fourth-order valence-electron chi connectivity index (χ4n) is 2.88. The molecule has 0 atom stereocenters. The van der Waals surface area contributed by atoms with Crippen molar-refractivity contribution in [2.24, 2.45) is 5.41 Å². The lowest BCUT2D eigenvalue weighted by Gasteiger charge is -2.38. The number of carbonyl (C=O) groups is 1. The third kappa shape index (κ3) is 4.16. The van der Waals surface area contributed by atoms with Gasteiger partial charge in [0.25, 0.3) is 0 Å².